The fourth-order valence-electron chi connectivity index (χ4n) is 4.63. The molecule has 1 unspecified atom stereocenters. The third kappa shape index (κ3) is 3.78. The number of amides is 1. The third-order valence-electron chi connectivity index (χ3n) is 6.43. The zero-order chi connectivity index (χ0) is 23.5. The lowest BCUT2D eigenvalue weighted by atomic mass is 9.93. The Hall–Kier alpha value is -3.83. The van der Waals surface area contributed by atoms with Gasteiger partial charge in [0.1, 0.15) is 11.5 Å². The van der Waals surface area contributed by atoms with E-state index in [0.717, 1.165) is 22.4 Å². The quantitative estimate of drug-likeness (QED) is 0.330. The van der Waals surface area contributed by atoms with Crippen molar-refractivity contribution in [1.82, 2.24) is 4.90 Å². The van der Waals surface area contributed by atoms with E-state index in [-0.39, 0.29) is 11.8 Å². The molecule has 1 aliphatic rings. The summed E-state index contributed by atoms with van der Waals surface area (Å²) in [6.45, 7) is 2.84. The van der Waals surface area contributed by atoms with Gasteiger partial charge in [-0.2, -0.15) is 0 Å². The molecule has 0 N–H and O–H groups in total. The molecule has 0 spiro atoms. The van der Waals surface area contributed by atoms with Crippen LogP contribution in [-0.4, -0.2) is 24.5 Å². The molecule has 0 fully saturated rings. The minimum atomic E-state index is -1.07. The van der Waals surface area contributed by atoms with E-state index < -0.39 is 5.72 Å². The van der Waals surface area contributed by atoms with Gasteiger partial charge < -0.3 is 13.9 Å². The number of fused-ring (bicyclic) bond motifs is 1. The summed E-state index contributed by atoms with van der Waals surface area (Å²) in [5, 5.41) is 0. The number of hydrogen-bond donors (Lipinski definition) is 0. The molecule has 1 aliphatic heterocycles. The summed E-state index contributed by atoms with van der Waals surface area (Å²) in [6, 6.07) is 29.4. The molecule has 0 radical (unpaired) electrons. The second-order valence-corrected chi connectivity index (χ2v) is 8.51. The summed E-state index contributed by atoms with van der Waals surface area (Å²) < 4.78 is 17.8. The molecule has 0 saturated heterocycles. The van der Waals surface area contributed by atoms with Crippen LogP contribution in [0.4, 0.5) is 0 Å². The number of rotatable bonds is 8. The fraction of sp³-hybridized carbons (Fsp3) is 0.207. The average Bonchev–Trinajstić information content (AvgIpc) is 3.49. The molecule has 34 heavy (non-hydrogen) atoms. The Kier molecular flexibility index (Phi) is 5.95. The molecule has 5 heteroatoms. The molecule has 4 aromatic rings. The van der Waals surface area contributed by atoms with E-state index in [0.29, 0.717) is 24.5 Å². The zero-order valence-electron chi connectivity index (χ0n) is 19.3. The van der Waals surface area contributed by atoms with Gasteiger partial charge >= 0.3 is 0 Å². The van der Waals surface area contributed by atoms with Gasteiger partial charge in [0.15, 0.2) is 5.72 Å². The number of methoxy groups -OCH3 is 1. The minimum absolute atomic E-state index is 0.0760. The van der Waals surface area contributed by atoms with Crippen molar-refractivity contribution in [3.05, 3.63) is 125 Å². The van der Waals surface area contributed by atoms with E-state index in [9.17, 15) is 4.79 Å². The summed E-state index contributed by atoms with van der Waals surface area (Å²) in [5.74, 6) is 1.54. The van der Waals surface area contributed by atoms with E-state index in [1.54, 1.807) is 18.3 Å². The van der Waals surface area contributed by atoms with Crippen molar-refractivity contribution in [3.8, 4) is 5.75 Å². The van der Waals surface area contributed by atoms with Gasteiger partial charge in [0, 0.05) is 22.6 Å². The lowest BCUT2D eigenvalue weighted by Gasteiger charge is -2.40. The molecule has 0 saturated carbocycles. The first-order chi connectivity index (χ1) is 16.6. The molecule has 5 nitrogen and oxygen atoms in total. The van der Waals surface area contributed by atoms with Gasteiger partial charge in [-0.05, 0) is 35.9 Å². The first-order valence-corrected chi connectivity index (χ1v) is 11.4. The molecular formula is C29H27NO4. The first-order valence-electron chi connectivity index (χ1n) is 11.4. The number of hydrogen-bond acceptors (Lipinski definition) is 4. The summed E-state index contributed by atoms with van der Waals surface area (Å²) >= 11 is 0. The molecule has 3 aromatic carbocycles. The van der Waals surface area contributed by atoms with Gasteiger partial charge in [-0.25, -0.2) is 0 Å². The van der Waals surface area contributed by atoms with Crippen molar-refractivity contribution >= 4 is 5.91 Å². The molecule has 0 aliphatic carbocycles. The Morgan fingerprint density at radius 3 is 2.35 bits per heavy atom. The highest BCUT2D eigenvalue weighted by Crippen LogP contribution is 2.46. The van der Waals surface area contributed by atoms with Gasteiger partial charge in [0.25, 0.3) is 5.91 Å². The van der Waals surface area contributed by atoms with Gasteiger partial charge in [0.2, 0.25) is 0 Å². The number of furan rings is 1. The molecule has 2 heterocycles. The first kappa shape index (κ1) is 22.0. The summed E-state index contributed by atoms with van der Waals surface area (Å²) in [4.78, 5) is 15.5. The molecule has 1 amide bonds. The molecule has 2 atom stereocenters. The molecular weight excluding hydrogens is 426 g/mol. The number of ether oxygens (including phenoxy) is 2. The highest BCUT2D eigenvalue weighted by atomic mass is 16.5. The van der Waals surface area contributed by atoms with E-state index in [1.165, 1.54) is 0 Å². The molecule has 172 valence electrons. The fourth-order valence-corrected chi connectivity index (χ4v) is 4.63. The standard InChI is InChI=1S/C29H27NO4/c1-21(22-14-16-24(32-2)17-15-22)20-34-29(23-9-4-3-5-10-23)27-13-7-6-12-26(27)28(31)30(29)19-25-11-8-18-33-25/h3-18,21H,19-20H2,1-2H3/t21-,29?/m0/s1. The van der Waals surface area contributed by atoms with Crippen molar-refractivity contribution in [2.24, 2.45) is 0 Å². The van der Waals surface area contributed by atoms with Crippen LogP contribution in [0.2, 0.25) is 0 Å². The van der Waals surface area contributed by atoms with Gasteiger partial charge in [-0.1, -0.05) is 67.6 Å². The maximum Gasteiger partial charge on any atom is 0.257 e. The predicted octanol–water partition coefficient (Wildman–Crippen LogP) is 5.97. The maximum atomic E-state index is 13.7. The van der Waals surface area contributed by atoms with Crippen molar-refractivity contribution in [2.75, 3.05) is 13.7 Å². The van der Waals surface area contributed by atoms with E-state index in [1.807, 2.05) is 78.9 Å². The van der Waals surface area contributed by atoms with Crippen LogP contribution in [0.1, 0.15) is 45.7 Å². The summed E-state index contributed by atoms with van der Waals surface area (Å²) in [6.07, 6.45) is 1.62. The number of nitrogens with zero attached hydrogens (tertiary/aromatic N) is 1. The largest absolute Gasteiger partial charge is 0.497 e. The highest BCUT2D eigenvalue weighted by Gasteiger charge is 2.52. The second kappa shape index (κ2) is 9.20. The van der Waals surface area contributed by atoms with Crippen LogP contribution in [0.15, 0.2) is 102 Å². The Bertz CT molecular complexity index is 1250. The maximum absolute atomic E-state index is 13.7. The SMILES string of the molecule is COc1ccc([C@@H](C)COC2(c3ccccc3)c3ccccc3C(=O)N2Cc2ccco2)cc1. The van der Waals surface area contributed by atoms with Gasteiger partial charge in [0.05, 0.1) is 26.5 Å². The highest BCUT2D eigenvalue weighted by molar-refractivity contribution is 6.00. The Morgan fingerprint density at radius 2 is 1.65 bits per heavy atom. The minimum Gasteiger partial charge on any atom is -0.497 e. The topological polar surface area (TPSA) is 51.9 Å². The Labute approximate surface area is 199 Å². The molecule has 1 aromatic heterocycles. The van der Waals surface area contributed by atoms with Crippen molar-refractivity contribution in [2.45, 2.75) is 25.1 Å². The van der Waals surface area contributed by atoms with Gasteiger partial charge in [-0.15, -0.1) is 0 Å². The van der Waals surface area contributed by atoms with Gasteiger partial charge in [-0.3, -0.25) is 9.69 Å². The van der Waals surface area contributed by atoms with Crippen LogP contribution < -0.4 is 4.74 Å². The van der Waals surface area contributed by atoms with Crippen molar-refractivity contribution in [3.63, 3.8) is 0 Å². The normalized spacial score (nSPS) is 18.1. The Morgan fingerprint density at radius 1 is 0.912 bits per heavy atom. The summed E-state index contributed by atoms with van der Waals surface area (Å²) in [7, 11) is 1.66. The second-order valence-electron chi connectivity index (χ2n) is 8.51. The predicted molar refractivity (Wildman–Crippen MR) is 130 cm³/mol. The van der Waals surface area contributed by atoms with Crippen molar-refractivity contribution < 1.29 is 18.7 Å². The van der Waals surface area contributed by atoms with Crippen LogP contribution in [0.25, 0.3) is 0 Å². The smallest absolute Gasteiger partial charge is 0.257 e. The average molecular weight is 454 g/mol. The van der Waals surface area contributed by atoms with Crippen LogP contribution in [0.3, 0.4) is 0 Å². The zero-order valence-corrected chi connectivity index (χ0v) is 19.3. The van der Waals surface area contributed by atoms with E-state index in [2.05, 4.69) is 19.1 Å². The van der Waals surface area contributed by atoms with Crippen molar-refractivity contribution in [1.29, 1.82) is 0 Å². The van der Waals surface area contributed by atoms with Crippen LogP contribution in [-0.2, 0) is 17.0 Å². The van der Waals surface area contributed by atoms with Crippen LogP contribution in [0, 0.1) is 0 Å². The lowest BCUT2D eigenvalue weighted by molar-refractivity contribution is -0.116. The number of carbonyl (C=O) groups excluding carboxylic acids is 1. The van der Waals surface area contributed by atoms with E-state index >= 15 is 0 Å². The molecule has 0 bridgehead atoms. The summed E-state index contributed by atoms with van der Waals surface area (Å²) in [5.41, 5.74) is 2.47. The van der Waals surface area contributed by atoms with Crippen LogP contribution >= 0.6 is 0 Å². The lowest BCUT2D eigenvalue weighted by Crippen LogP contribution is -2.47. The van der Waals surface area contributed by atoms with Crippen LogP contribution in [0.5, 0.6) is 5.75 Å². The number of carbonyl (C=O) groups is 1. The van der Waals surface area contributed by atoms with E-state index in [4.69, 9.17) is 13.9 Å². The Balaban J connectivity index is 1.57. The monoisotopic (exact) mass is 453 g/mol. The third-order valence-corrected chi connectivity index (χ3v) is 6.43. The number of benzene rings is 3. The molecule has 5 rings (SSSR count).